The van der Waals surface area contributed by atoms with Crippen LogP contribution in [-0.4, -0.2) is 22.1 Å². The fraction of sp³-hybridized carbons (Fsp3) is 0.118. The minimum Gasteiger partial charge on any atom is -0.478 e. The smallest absolute Gasteiger partial charge is 0.335 e. The molecule has 0 bridgehead atoms. The summed E-state index contributed by atoms with van der Waals surface area (Å²) in [5.41, 5.74) is 2.29. The molecule has 25 heavy (non-hydrogen) atoms. The first-order valence-electron chi connectivity index (χ1n) is 7.25. The van der Waals surface area contributed by atoms with Crippen LogP contribution in [0.3, 0.4) is 0 Å². The highest BCUT2D eigenvalue weighted by atomic mass is 79.9. The van der Waals surface area contributed by atoms with Crippen LogP contribution in [0.25, 0.3) is 0 Å². The van der Waals surface area contributed by atoms with E-state index in [4.69, 9.17) is 17.3 Å². The summed E-state index contributed by atoms with van der Waals surface area (Å²) in [6.07, 6.45) is 0.899. The maximum atomic E-state index is 12.2. The van der Waals surface area contributed by atoms with E-state index >= 15 is 0 Å². The Morgan fingerprint density at radius 2 is 1.64 bits per heavy atom. The van der Waals surface area contributed by atoms with Crippen molar-refractivity contribution in [1.82, 2.24) is 5.32 Å². The number of hydrogen-bond acceptors (Lipinski definition) is 3. The number of nitrogens with one attached hydrogen (secondary N) is 2. The van der Waals surface area contributed by atoms with E-state index in [0.717, 1.165) is 12.0 Å². The Balaban J connectivity index is 2.09. The van der Waals surface area contributed by atoms with E-state index in [1.807, 2.05) is 19.1 Å². The summed E-state index contributed by atoms with van der Waals surface area (Å²) in [6.45, 7) is 2.04. The molecule has 0 aliphatic carbocycles. The van der Waals surface area contributed by atoms with E-state index < -0.39 is 5.97 Å². The van der Waals surface area contributed by atoms with Gasteiger partial charge in [-0.1, -0.05) is 19.1 Å². The van der Waals surface area contributed by atoms with Crippen LogP contribution in [0.15, 0.2) is 45.3 Å². The lowest BCUT2D eigenvalue weighted by Crippen LogP contribution is -2.34. The topological polar surface area (TPSA) is 78.4 Å². The minimum absolute atomic E-state index is 0.106. The summed E-state index contributed by atoms with van der Waals surface area (Å²) in [5, 5.41) is 14.6. The molecule has 8 heteroatoms. The number of carbonyl (C=O) groups is 2. The molecule has 5 nitrogen and oxygen atoms in total. The summed E-state index contributed by atoms with van der Waals surface area (Å²) >= 11 is 11.8. The zero-order valence-electron chi connectivity index (χ0n) is 13.1. The third-order valence-corrected chi connectivity index (χ3v) is 4.83. The number of benzene rings is 2. The highest BCUT2D eigenvalue weighted by Gasteiger charge is 2.14. The molecular weight excluding hydrogens is 472 g/mol. The van der Waals surface area contributed by atoms with Crippen LogP contribution in [0.4, 0.5) is 5.69 Å². The maximum Gasteiger partial charge on any atom is 0.335 e. The molecule has 0 aliphatic rings. The first-order chi connectivity index (χ1) is 11.8. The highest BCUT2D eigenvalue weighted by molar-refractivity contribution is 9.11. The van der Waals surface area contributed by atoms with Crippen molar-refractivity contribution in [2.24, 2.45) is 0 Å². The van der Waals surface area contributed by atoms with Crippen molar-refractivity contribution in [2.45, 2.75) is 13.3 Å². The molecule has 1 amide bonds. The Morgan fingerprint density at radius 1 is 1.08 bits per heavy atom. The predicted molar refractivity (Wildman–Crippen MR) is 108 cm³/mol. The Hall–Kier alpha value is -1.77. The fourth-order valence-corrected chi connectivity index (χ4v) is 3.61. The van der Waals surface area contributed by atoms with Crippen LogP contribution in [0.5, 0.6) is 0 Å². The third kappa shape index (κ3) is 5.10. The molecule has 2 aromatic carbocycles. The van der Waals surface area contributed by atoms with Crippen LogP contribution >= 0.6 is 44.1 Å². The lowest BCUT2D eigenvalue weighted by Gasteiger charge is -2.13. The molecule has 2 aromatic rings. The second kappa shape index (κ2) is 8.55. The van der Waals surface area contributed by atoms with Crippen molar-refractivity contribution in [3.63, 3.8) is 0 Å². The van der Waals surface area contributed by atoms with Crippen molar-refractivity contribution < 1.29 is 14.7 Å². The number of aryl methyl sites for hydroxylation is 1. The Bertz CT molecular complexity index is 815. The standard InChI is InChI=1S/C17H14Br2N2O3S/c1-2-9-3-5-10(6-4-9)15(22)21-17(25)20-14-12(18)7-11(16(23)24)8-13(14)19/h3-8H,2H2,1H3,(H,23,24)(H2,20,21,22,25). The van der Waals surface area contributed by atoms with E-state index in [9.17, 15) is 9.59 Å². The van der Waals surface area contributed by atoms with E-state index in [1.165, 1.54) is 12.1 Å². The monoisotopic (exact) mass is 484 g/mol. The van der Waals surface area contributed by atoms with E-state index in [1.54, 1.807) is 12.1 Å². The van der Waals surface area contributed by atoms with Gasteiger partial charge in [0.25, 0.3) is 5.91 Å². The lowest BCUT2D eigenvalue weighted by atomic mass is 10.1. The number of carboxylic acids is 1. The maximum absolute atomic E-state index is 12.2. The van der Waals surface area contributed by atoms with Crippen LogP contribution < -0.4 is 10.6 Å². The van der Waals surface area contributed by atoms with E-state index in [2.05, 4.69) is 42.5 Å². The van der Waals surface area contributed by atoms with Gasteiger partial charge in [0.1, 0.15) is 0 Å². The Labute approximate surface area is 167 Å². The second-order valence-electron chi connectivity index (χ2n) is 5.08. The van der Waals surface area contributed by atoms with Crippen LogP contribution in [-0.2, 0) is 6.42 Å². The van der Waals surface area contributed by atoms with Crippen LogP contribution in [0, 0.1) is 0 Å². The zero-order chi connectivity index (χ0) is 18.6. The van der Waals surface area contributed by atoms with Crippen molar-refractivity contribution in [3.8, 4) is 0 Å². The van der Waals surface area contributed by atoms with E-state index in [-0.39, 0.29) is 16.6 Å². The fourth-order valence-electron chi connectivity index (χ4n) is 2.03. The van der Waals surface area contributed by atoms with Gasteiger partial charge >= 0.3 is 5.97 Å². The van der Waals surface area contributed by atoms with Gasteiger partial charge in [-0.2, -0.15) is 0 Å². The average molecular weight is 486 g/mol. The molecule has 3 N–H and O–H groups in total. The summed E-state index contributed by atoms with van der Waals surface area (Å²) in [6, 6.07) is 10.2. The molecule has 0 heterocycles. The molecule has 0 saturated carbocycles. The zero-order valence-corrected chi connectivity index (χ0v) is 17.1. The Kier molecular flexibility index (Phi) is 6.69. The van der Waals surface area contributed by atoms with Gasteiger partial charge in [0.05, 0.1) is 11.3 Å². The third-order valence-electron chi connectivity index (χ3n) is 3.38. The molecule has 0 fully saturated rings. The summed E-state index contributed by atoms with van der Waals surface area (Å²) in [4.78, 5) is 23.3. The van der Waals surface area contributed by atoms with Gasteiger partial charge in [-0.3, -0.25) is 10.1 Å². The van der Waals surface area contributed by atoms with Crippen LogP contribution in [0.2, 0.25) is 0 Å². The summed E-state index contributed by atoms with van der Waals surface area (Å²) in [5.74, 6) is -1.37. The number of carbonyl (C=O) groups excluding carboxylic acids is 1. The van der Waals surface area contributed by atoms with Gasteiger partial charge in [-0.05, 0) is 80.3 Å². The SMILES string of the molecule is CCc1ccc(C(=O)NC(=S)Nc2c(Br)cc(C(=O)O)cc2Br)cc1. The molecule has 0 aliphatic heterocycles. The number of amides is 1. The molecule has 0 unspecified atom stereocenters. The molecular formula is C17H14Br2N2O3S. The Morgan fingerprint density at radius 3 is 2.12 bits per heavy atom. The van der Waals surface area contributed by atoms with Crippen molar-refractivity contribution in [1.29, 1.82) is 0 Å². The van der Waals surface area contributed by atoms with Crippen molar-refractivity contribution in [3.05, 3.63) is 62.0 Å². The minimum atomic E-state index is -1.04. The molecule has 130 valence electrons. The number of aromatic carboxylic acids is 1. The van der Waals surface area contributed by atoms with Crippen molar-refractivity contribution in [2.75, 3.05) is 5.32 Å². The quantitative estimate of drug-likeness (QED) is 0.551. The summed E-state index contributed by atoms with van der Waals surface area (Å²) in [7, 11) is 0. The molecule has 0 aromatic heterocycles. The number of anilines is 1. The second-order valence-corrected chi connectivity index (χ2v) is 7.20. The molecule has 0 saturated heterocycles. The molecule has 0 atom stereocenters. The van der Waals surface area contributed by atoms with Crippen LogP contribution in [0.1, 0.15) is 33.2 Å². The molecule has 2 rings (SSSR count). The molecule has 0 radical (unpaired) electrons. The number of carboxylic acid groups (broad SMARTS) is 1. The van der Waals surface area contributed by atoms with Gasteiger partial charge in [0, 0.05) is 14.5 Å². The molecule has 0 spiro atoms. The van der Waals surface area contributed by atoms with Crippen molar-refractivity contribution >= 4 is 66.8 Å². The highest BCUT2D eigenvalue weighted by Crippen LogP contribution is 2.32. The average Bonchev–Trinajstić information content (AvgIpc) is 2.57. The summed E-state index contributed by atoms with van der Waals surface area (Å²) < 4.78 is 1.01. The van der Waals surface area contributed by atoms with Gasteiger partial charge < -0.3 is 10.4 Å². The number of thiocarbonyl (C=S) groups is 1. The number of hydrogen-bond donors (Lipinski definition) is 3. The first-order valence-corrected chi connectivity index (χ1v) is 9.24. The van der Waals surface area contributed by atoms with Gasteiger partial charge in [0.15, 0.2) is 5.11 Å². The lowest BCUT2D eigenvalue weighted by molar-refractivity contribution is 0.0696. The predicted octanol–water partition coefficient (Wildman–Crippen LogP) is 4.60. The van der Waals surface area contributed by atoms with Gasteiger partial charge in [-0.15, -0.1) is 0 Å². The van der Waals surface area contributed by atoms with E-state index in [0.29, 0.717) is 20.2 Å². The van der Waals surface area contributed by atoms with Gasteiger partial charge in [-0.25, -0.2) is 4.79 Å². The largest absolute Gasteiger partial charge is 0.478 e. The first kappa shape index (κ1) is 19.6. The number of halogens is 2. The number of rotatable bonds is 4. The normalized spacial score (nSPS) is 10.2. The van der Waals surface area contributed by atoms with Gasteiger partial charge in [0.2, 0.25) is 0 Å².